The van der Waals surface area contributed by atoms with Gasteiger partial charge in [-0.1, -0.05) is 36.9 Å². The fourth-order valence-electron chi connectivity index (χ4n) is 6.98. The number of rotatable bonds is 7. The predicted molar refractivity (Wildman–Crippen MR) is 126 cm³/mol. The number of benzene rings is 2. The molecule has 0 radical (unpaired) electrons. The molecule has 0 saturated heterocycles. The van der Waals surface area contributed by atoms with E-state index < -0.39 is 11.9 Å². The Morgan fingerprint density at radius 3 is 2.15 bits per heavy atom. The third kappa shape index (κ3) is 4.05. The van der Waals surface area contributed by atoms with Gasteiger partial charge < -0.3 is 14.6 Å². The topological polar surface area (TPSA) is 72.8 Å². The lowest BCUT2D eigenvalue weighted by atomic mass is 9.47. The molecule has 172 valence electrons. The number of methoxy groups -OCH3 is 1. The van der Waals surface area contributed by atoms with Gasteiger partial charge in [0.15, 0.2) is 6.61 Å². The van der Waals surface area contributed by atoms with Crippen molar-refractivity contribution in [2.75, 3.05) is 13.7 Å². The summed E-state index contributed by atoms with van der Waals surface area (Å²) in [7, 11) is 1.35. The molecule has 0 spiro atoms. The molecule has 5 nitrogen and oxygen atoms in total. The van der Waals surface area contributed by atoms with Crippen molar-refractivity contribution in [2.24, 2.45) is 17.8 Å². The van der Waals surface area contributed by atoms with Crippen LogP contribution in [0.15, 0.2) is 49.0 Å². The summed E-state index contributed by atoms with van der Waals surface area (Å²) in [6.07, 6.45) is 7.67. The van der Waals surface area contributed by atoms with Gasteiger partial charge in [0.1, 0.15) is 5.75 Å². The smallest absolute Gasteiger partial charge is 0.341 e. The highest BCUT2D eigenvalue weighted by molar-refractivity contribution is 6.15. The van der Waals surface area contributed by atoms with Gasteiger partial charge in [0, 0.05) is 0 Å². The molecule has 6 rings (SSSR count). The third-order valence-corrected chi connectivity index (χ3v) is 7.94. The molecule has 0 aromatic heterocycles. The van der Waals surface area contributed by atoms with E-state index in [2.05, 4.69) is 18.7 Å². The quantitative estimate of drug-likeness (QED) is 0.451. The third-order valence-electron chi connectivity index (χ3n) is 7.94. The molecule has 33 heavy (non-hydrogen) atoms. The Labute approximate surface area is 194 Å². The van der Waals surface area contributed by atoms with Crippen LogP contribution in [0.3, 0.4) is 0 Å². The number of aliphatic carboxylic acids is 1. The van der Waals surface area contributed by atoms with Crippen LogP contribution in [0.25, 0.3) is 16.7 Å². The standard InChI is InChI=1S/C28H30O5/c1-17(27(31)32-2)21-3-5-22(6-4-21)24-8-7-23(33-16-26(29)30)12-25(24)28-13-18-9-19(14-28)11-20(10-18)15-28/h3-8,12,18-20H,1,9-11,13-16H2,2H3,(H,29,30). The van der Waals surface area contributed by atoms with E-state index in [4.69, 9.17) is 14.6 Å². The van der Waals surface area contributed by atoms with Gasteiger partial charge >= 0.3 is 11.9 Å². The van der Waals surface area contributed by atoms with Gasteiger partial charge in [-0.2, -0.15) is 0 Å². The molecule has 4 aliphatic carbocycles. The summed E-state index contributed by atoms with van der Waals surface area (Å²) in [6.45, 7) is 3.51. The van der Waals surface area contributed by atoms with Crippen LogP contribution in [0.4, 0.5) is 0 Å². The Bertz CT molecular complexity index is 1060. The van der Waals surface area contributed by atoms with E-state index in [1.807, 2.05) is 30.3 Å². The zero-order valence-electron chi connectivity index (χ0n) is 19.0. The number of carbonyl (C=O) groups excluding carboxylic acids is 1. The highest BCUT2D eigenvalue weighted by atomic mass is 16.5. The van der Waals surface area contributed by atoms with Crippen LogP contribution in [0.2, 0.25) is 0 Å². The normalized spacial score (nSPS) is 27.2. The summed E-state index contributed by atoms with van der Waals surface area (Å²) in [6, 6.07) is 13.9. The molecule has 4 bridgehead atoms. The first-order valence-electron chi connectivity index (χ1n) is 11.7. The summed E-state index contributed by atoms with van der Waals surface area (Å²) >= 11 is 0. The van der Waals surface area contributed by atoms with Crippen molar-refractivity contribution in [1.29, 1.82) is 0 Å². The SMILES string of the molecule is C=C(C(=O)OC)c1ccc(-c2ccc(OCC(=O)O)cc2C23CC4CC(CC(C4)C2)C3)cc1. The highest BCUT2D eigenvalue weighted by Crippen LogP contribution is 2.62. The van der Waals surface area contributed by atoms with Crippen LogP contribution in [0, 0.1) is 17.8 Å². The van der Waals surface area contributed by atoms with Crippen LogP contribution in [-0.4, -0.2) is 30.8 Å². The first-order chi connectivity index (χ1) is 15.9. The second kappa shape index (κ2) is 8.36. The van der Waals surface area contributed by atoms with Crippen LogP contribution in [0.1, 0.15) is 49.7 Å². The minimum atomic E-state index is -0.975. The minimum absolute atomic E-state index is 0.126. The van der Waals surface area contributed by atoms with E-state index in [0.717, 1.165) is 34.4 Å². The zero-order chi connectivity index (χ0) is 23.2. The molecule has 2 aromatic rings. The largest absolute Gasteiger partial charge is 0.482 e. The Morgan fingerprint density at radius 2 is 1.61 bits per heavy atom. The van der Waals surface area contributed by atoms with Crippen molar-refractivity contribution in [3.63, 3.8) is 0 Å². The van der Waals surface area contributed by atoms with Gasteiger partial charge in [-0.15, -0.1) is 0 Å². The number of esters is 1. The van der Waals surface area contributed by atoms with Crippen molar-refractivity contribution >= 4 is 17.5 Å². The van der Waals surface area contributed by atoms with Crippen molar-refractivity contribution in [1.82, 2.24) is 0 Å². The first kappa shape index (κ1) is 21.7. The maximum atomic E-state index is 11.9. The zero-order valence-corrected chi connectivity index (χ0v) is 19.0. The van der Waals surface area contributed by atoms with E-state index in [1.54, 1.807) is 0 Å². The van der Waals surface area contributed by atoms with Gasteiger partial charge in [0.25, 0.3) is 0 Å². The molecule has 0 aliphatic heterocycles. The summed E-state index contributed by atoms with van der Waals surface area (Å²) in [4.78, 5) is 22.9. The average molecular weight is 447 g/mol. The summed E-state index contributed by atoms with van der Waals surface area (Å²) < 4.78 is 10.4. The lowest BCUT2D eigenvalue weighted by molar-refractivity contribution is -0.139. The summed E-state index contributed by atoms with van der Waals surface area (Å²) in [5.41, 5.74) is 4.72. The molecular weight excluding hydrogens is 416 g/mol. The maximum Gasteiger partial charge on any atom is 0.341 e. The Balaban J connectivity index is 1.54. The first-order valence-corrected chi connectivity index (χ1v) is 11.7. The molecule has 2 aromatic carbocycles. The van der Waals surface area contributed by atoms with E-state index in [1.165, 1.54) is 51.2 Å². The monoisotopic (exact) mass is 446 g/mol. The molecule has 0 heterocycles. The predicted octanol–water partition coefficient (Wildman–Crippen LogP) is 5.47. The van der Waals surface area contributed by atoms with Gasteiger partial charge in [0.2, 0.25) is 0 Å². The highest BCUT2D eigenvalue weighted by Gasteiger charge is 2.52. The van der Waals surface area contributed by atoms with Crippen LogP contribution in [-0.2, 0) is 19.7 Å². The van der Waals surface area contributed by atoms with Crippen molar-refractivity contribution in [2.45, 2.75) is 43.9 Å². The van der Waals surface area contributed by atoms with Crippen molar-refractivity contribution in [3.8, 4) is 16.9 Å². The van der Waals surface area contributed by atoms with Crippen molar-refractivity contribution < 1.29 is 24.2 Å². The number of hydrogen-bond donors (Lipinski definition) is 1. The maximum absolute atomic E-state index is 11.9. The average Bonchev–Trinajstić information content (AvgIpc) is 2.81. The van der Waals surface area contributed by atoms with E-state index in [-0.39, 0.29) is 12.0 Å². The number of hydrogen-bond acceptors (Lipinski definition) is 4. The molecule has 1 N–H and O–H groups in total. The van der Waals surface area contributed by atoms with Crippen molar-refractivity contribution in [3.05, 3.63) is 60.2 Å². The Kier molecular flexibility index (Phi) is 5.51. The summed E-state index contributed by atoms with van der Waals surface area (Å²) in [5, 5.41) is 9.07. The second-order valence-electron chi connectivity index (χ2n) is 10.1. The van der Waals surface area contributed by atoms with Crippen LogP contribution < -0.4 is 4.74 Å². The van der Waals surface area contributed by atoms with Crippen LogP contribution >= 0.6 is 0 Å². The molecule has 4 aliphatic rings. The minimum Gasteiger partial charge on any atom is -0.482 e. The van der Waals surface area contributed by atoms with Gasteiger partial charge in [-0.3, -0.25) is 0 Å². The molecule has 0 unspecified atom stereocenters. The molecule has 4 saturated carbocycles. The second-order valence-corrected chi connectivity index (χ2v) is 10.1. The molecule has 5 heteroatoms. The Hall–Kier alpha value is -3.08. The van der Waals surface area contributed by atoms with Gasteiger partial charge in [-0.05, 0) is 96.1 Å². The number of ether oxygens (including phenoxy) is 2. The fraction of sp³-hybridized carbons (Fsp3) is 0.429. The molecular formula is C28H30O5. The van der Waals surface area contributed by atoms with Gasteiger partial charge in [0.05, 0.1) is 12.7 Å². The van der Waals surface area contributed by atoms with E-state index in [0.29, 0.717) is 11.3 Å². The molecule has 4 fully saturated rings. The molecule has 0 atom stereocenters. The van der Waals surface area contributed by atoms with E-state index in [9.17, 15) is 9.59 Å². The van der Waals surface area contributed by atoms with Crippen LogP contribution in [0.5, 0.6) is 5.75 Å². The number of carboxylic acid groups (broad SMARTS) is 1. The lowest BCUT2D eigenvalue weighted by Crippen LogP contribution is -2.48. The number of carbonyl (C=O) groups is 2. The van der Waals surface area contributed by atoms with E-state index >= 15 is 0 Å². The fourth-order valence-corrected chi connectivity index (χ4v) is 6.98. The Morgan fingerprint density at radius 1 is 1.00 bits per heavy atom. The lowest BCUT2D eigenvalue weighted by Gasteiger charge is -2.57. The molecule has 0 amide bonds. The summed E-state index contributed by atoms with van der Waals surface area (Å²) in [5.74, 6) is 1.58. The van der Waals surface area contributed by atoms with Gasteiger partial charge in [-0.25, -0.2) is 9.59 Å². The number of carboxylic acids is 1.